The second-order valence-electron chi connectivity index (χ2n) is 3.87. The summed E-state index contributed by atoms with van der Waals surface area (Å²) < 4.78 is 0. The van der Waals surface area contributed by atoms with E-state index in [9.17, 15) is 9.59 Å². The van der Waals surface area contributed by atoms with Gasteiger partial charge in [-0.15, -0.1) is 11.3 Å². The van der Waals surface area contributed by atoms with Crippen LogP contribution in [0.5, 0.6) is 0 Å². The molecule has 0 unspecified atom stereocenters. The highest BCUT2D eigenvalue weighted by atomic mass is 32.1. The van der Waals surface area contributed by atoms with Gasteiger partial charge in [0, 0.05) is 11.1 Å². The Morgan fingerprint density at radius 3 is 2.53 bits per heavy atom. The number of anilines is 2. The minimum atomic E-state index is -0.615. The van der Waals surface area contributed by atoms with Crippen molar-refractivity contribution in [3.63, 3.8) is 0 Å². The van der Waals surface area contributed by atoms with Crippen molar-refractivity contribution in [3.8, 4) is 0 Å². The largest absolute Gasteiger partial charge is 0.399 e. The molecule has 0 aliphatic carbocycles. The third-order valence-corrected chi connectivity index (χ3v) is 3.11. The number of hydrogen-bond acceptors (Lipinski definition) is 5. The SMILES string of the molecule is NC(=O)c1csc(NC(=O)Cc2ccc(N)cc2)n1. The van der Waals surface area contributed by atoms with Crippen LogP contribution in [0.4, 0.5) is 10.8 Å². The molecule has 98 valence electrons. The number of nitrogens with two attached hydrogens (primary N) is 2. The number of aromatic nitrogens is 1. The van der Waals surface area contributed by atoms with Crippen molar-refractivity contribution in [1.29, 1.82) is 0 Å². The van der Waals surface area contributed by atoms with Gasteiger partial charge >= 0.3 is 0 Å². The molecule has 2 aromatic rings. The van der Waals surface area contributed by atoms with E-state index in [-0.39, 0.29) is 18.0 Å². The Kier molecular flexibility index (Phi) is 3.76. The lowest BCUT2D eigenvalue weighted by molar-refractivity contribution is -0.115. The molecule has 0 aliphatic rings. The number of nitrogens with zero attached hydrogens (tertiary/aromatic N) is 1. The average molecular weight is 276 g/mol. The zero-order chi connectivity index (χ0) is 13.8. The summed E-state index contributed by atoms with van der Waals surface area (Å²) in [6.45, 7) is 0. The van der Waals surface area contributed by atoms with Crippen LogP contribution in [0.1, 0.15) is 16.1 Å². The summed E-state index contributed by atoms with van der Waals surface area (Å²) in [7, 11) is 0. The van der Waals surface area contributed by atoms with E-state index in [1.54, 1.807) is 24.3 Å². The maximum atomic E-state index is 11.8. The van der Waals surface area contributed by atoms with Gasteiger partial charge < -0.3 is 16.8 Å². The van der Waals surface area contributed by atoms with Crippen LogP contribution in [0, 0.1) is 0 Å². The summed E-state index contributed by atoms with van der Waals surface area (Å²) in [6.07, 6.45) is 0.214. The summed E-state index contributed by atoms with van der Waals surface area (Å²) in [6, 6.07) is 7.03. The molecule has 0 spiro atoms. The number of rotatable bonds is 4. The van der Waals surface area contributed by atoms with E-state index < -0.39 is 5.91 Å². The van der Waals surface area contributed by atoms with E-state index in [4.69, 9.17) is 11.5 Å². The van der Waals surface area contributed by atoms with Crippen LogP contribution < -0.4 is 16.8 Å². The fourth-order valence-corrected chi connectivity index (χ4v) is 2.14. The maximum absolute atomic E-state index is 11.8. The van der Waals surface area contributed by atoms with Crippen LogP contribution in [0.15, 0.2) is 29.6 Å². The Morgan fingerprint density at radius 2 is 1.95 bits per heavy atom. The van der Waals surface area contributed by atoms with Gasteiger partial charge in [-0.1, -0.05) is 12.1 Å². The number of thiazole rings is 1. The number of carbonyl (C=O) groups is 2. The van der Waals surface area contributed by atoms with E-state index in [2.05, 4.69) is 10.3 Å². The van der Waals surface area contributed by atoms with Gasteiger partial charge in [-0.3, -0.25) is 9.59 Å². The molecule has 0 saturated heterocycles. The fraction of sp³-hybridized carbons (Fsp3) is 0.0833. The molecule has 1 aromatic carbocycles. The van der Waals surface area contributed by atoms with Gasteiger partial charge in [0.15, 0.2) is 5.13 Å². The van der Waals surface area contributed by atoms with E-state index in [1.807, 2.05) is 0 Å². The first-order valence-corrected chi connectivity index (χ1v) is 6.32. The molecule has 1 heterocycles. The summed E-state index contributed by atoms with van der Waals surface area (Å²) in [5.74, 6) is -0.828. The highest BCUT2D eigenvalue weighted by Crippen LogP contribution is 2.15. The summed E-state index contributed by atoms with van der Waals surface area (Å²) in [5, 5.41) is 4.47. The molecule has 0 bridgehead atoms. The van der Waals surface area contributed by atoms with Crippen molar-refractivity contribution >= 4 is 34.0 Å². The molecule has 1 aromatic heterocycles. The van der Waals surface area contributed by atoms with Crippen molar-refractivity contribution in [1.82, 2.24) is 4.98 Å². The third kappa shape index (κ3) is 3.52. The molecular weight excluding hydrogens is 264 g/mol. The first-order valence-electron chi connectivity index (χ1n) is 5.44. The monoisotopic (exact) mass is 276 g/mol. The number of benzene rings is 1. The molecule has 6 nitrogen and oxygen atoms in total. The van der Waals surface area contributed by atoms with Gasteiger partial charge in [0.1, 0.15) is 5.69 Å². The number of carbonyl (C=O) groups excluding carboxylic acids is 2. The van der Waals surface area contributed by atoms with E-state index in [0.717, 1.165) is 16.9 Å². The van der Waals surface area contributed by atoms with Crippen LogP contribution in [0.25, 0.3) is 0 Å². The Morgan fingerprint density at radius 1 is 1.26 bits per heavy atom. The van der Waals surface area contributed by atoms with Gasteiger partial charge in [-0.05, 0) is 17.7 Å². The summed E-state index contributed by atoms with van der Waals surface area (Å²) in [4.78, 5) is 26.5. The number of nitrogens with one attached hydrogen (secondary N) is 1. The zero-order valence-electron chi connectivity index (χ0n) is 9.92. The molecule has 0 fully saturated rings. The number of primary amides is 1. The smallest absolute Gasteiger partial charge is 0.268 e. The van der Waals surface area contributed by atoms with Gasteiger partial charge in [-0.25, -0.2) is 4.98 Å². The van der Waals surface area contributed by atoms with Crippen molar-refractivity contribution in [2.24, 2.45) is 5.73 Å². The normalized spacial score (nSPS) is 10.1. The van der Waals surface area contributed by atoms with Crippen LogP contribution in [0.2, 0.25) is 0 Å². The van der Waals surface area contributed by atoms with Crippen molar-refractivity contribution < 1.29 is 9.59 Å². The van der Waals surface area contributed by atoms with E-state index >= 15 is 0 Å². The second-order valence-corrected chi connectivity index (χ2v) is 4.73. The van der Waals surface area contributed by atoms with E-state index in [0.29, 0.717) is 10.8 Å². The van der Waals surface area contributed by atoms with Gasteiger partial charge in [0.2, 0.25) is 5.91 Å². The lowest BCUT2D eigenvalue weighted by Crippen LogP contribution is -2.15. The predicted octanol–water partition coefficient (Wildman–Crippen LogP) is 1.01. The number of hydrogen-bond donors (Lipinski definition) is 3. The Balaban J connectivity index is 1.97. The first-order chi connectivity index (χ1) is 9.04. The minimum Gasteiger partial charge on any atom is -0.399 e. The van der Waals surface area contributed by atoms with E-state index in [1.165, 1.54) is 5.38 Å². The van der Waals surface area contributed by atoms with Crippen molar-refractivity contribution in [2.75, 3.05) is 11.1 Å². The van der Waals surface area contributed by atoms with Crippen LogP contribution in [-0.4, -0.2) is 16.8 Å². The topological polar surface area (TPSA) is 111 Å². The second kappa shape index (κ2) is 5.49. The molecule has 19 heavy (non-hydrogen) atoms. The molecule has 5 N–H and O–H groups in total. The molecule has 2 rings (SSSR count). The van der Waals surface area contributed by atoms with Gasteiger partial charge in [0.05, 0.1) is 6.42 Å². The zero-order valence-corrected chi connectivity index (χ0v) is 10.7. The summed E-state index contributed by atoms with van der Waals surface area (Å²) in [5.41, 5.74) is 12.3. The fourth-order valence-electron chi connectivity index (χ4n) is 1.43. The highest BCUT2D eigenvalue weighted by Gasteiger charge is 2.10. The molecular formula is C12H12N4O2S. The van der Waals surface area contributed by atoms with Crippen LogP contribution in [-0.2, 0) is 11.2 Å². The van der Waals surface area contributed by atoms with Crippen molar-refractivity contribution in [2.45, 2.75) is 6.42 Å². The number of nitrogen functional groups attached to an aromatic ring is 1. The quantitative estimate of drug-likeness (QED) is 0.723. The van der Waals surface area contributed by atoms with Crippen LogP contribution in [0.3, 0.4) is 0 Å². The maximum Gasteiger partial charge on any atom is 0.268 e. The minimum absolute atomic E-state index is 0.146. The highest BCUT2D eigenvalue weighted by molar-refractivity contribution is 7.14. The Hall–Kier alpha value is -2.41. The molecule has 0 radical (unpaired) electrons. The lowest BCUT2D eigenvalue weighted by atomic mass is 10.1. The van der Waals surface area contributed by atoms with Crippen molar-refractivity contribution in [3.05, 3.63) is 40.9 Å². The van der Waals surface area contributed by atoms with Gasteiger partial charge in [-0.2, -0.15) is 0 Å². The molecule has 2 amide bonds. The Bertz CT molecular complexity index is 606. The Labute approximate surface area is 113 Å². The standard InChI is InChI=1S/C12H12N4O2S/c13-8-3-1-7(2-4-8)5-10(17)16-12-15-9(6-19-12)11(14)18/h1-4,6H,5,13H2,(H2,14,18)(H,15,16,17). The first kappa shape index (κ1) is 13.0. The molecule has 7 heteroatoms. The van der Waals surface area contributed by atoms with Crippen LogP contribution >= 0.6 is 11.3 Å². The molecule has 0 atom stereocenters. The van der Waals surface area contributed by atoms with Gasteiger partial charge in [0.25, 0.3) is 5.91 Å². The predicted molar refractivity (Wildman–Crippen MR) is 73.8 cm³/mol. The summed E-state index contributed by atoms with van der Waals surface area (Å²) >= 11 is 1.16. The average Bonchev–Trinajstić information content (AvgIpc) is 2.80. The lowest BCUT2D eigenvalue weighted by Gasteiger charge is -2.02. The number of amides is 2. The molecule has 0 saturated carbocycles. The molecule has 0 aliphatic heterocycles. The third-order valence-electron chi connectivity index (χ3n) is 2.35.